The molecule has 3 N–H and O–H groups in total. The summed E-state index contributed by atoms with van der Waals surface area (Å²) in [5, 5.41) is 27.5. The molecule has 7 nitrogen and oxygen atoms in total. The van der Waals surface area contributed by atoms with Gasteiger partial charge < -0.3 is 15.7 Å². The Bertz CT molecular complexity index is 599. The largest absolute Gasteiger partial charge is 0.386 e. The Morgan fingerprint density at radius 1 is 1.38 bits per heavy atom. The first-order valence-electron chi connectivity index (χ1n) is 8.69. The Hall–Kier alpha value is -1.89. The van der Waals surface area contributed by atoms with Crippen LogP contribution in [0.1, 0.15) is 51.9 Å². The number of aliphatic hydroxyl groups excluding tert-OH is 1. The number of carbonyl (C=O) groups is 1. The summed E-state index contributed by atoms with van der Waals surface area (Å²) in [4.78, 5) is 21.7. The minimum absolute atomic E-state index is 0.0207. The van der Waals surface area contributed by atoms with Crippen LogP contribution in [-0.2, 0) is 4.79 Å². The molecule has 3 rings (SSSR count). The molecule has 132 valence electrons. The van der Waals surface area contributed by atoms with Gasteiger partial charge in [-0.1, -0.05) is 6.08 Å². The standard InChI is InChI=1S/C17H25N3O4/c1-10(21)18-13-4-6-15-11(8-13)2-5-14(19-15)12-3-7-16(20(23)24)17(22)9-12/h3,13-14,16-17,19,22H,2,4-9H2,1H3,(H,18,21). The van der Waals surface area contributed by atoms with Gasteiger partial charge in [-0.05, 0) is 43.3 Å². The van der Waals surface area contributed by atoms with Gasteiger partial charge in [-0.3, -0.25) is 14.9 Å². The maximum atomic E-state index is 11.2. The Labute approximate surface area is 141 Å². The number of amides is 1. The van der Waals surface area contributed by atoms with E-state index < -0.39 is 12.1 Å². The molecule has 4 atom stereocenters. The first kappa shape index (κ1) is 17.0. The fraction of sp³-hybridized carbons (Fsp3) is 0.706. The Morgan fingerprint density at radius 3 is 2.83 bits per heavy atom. The van der Waals surface area contributed by atoms with Crippen molar-refractivity contribution in [1.29, 1.82) is 0 Å². The molecular formula is C17H25N3O4. The van der Waals surface area contributed by atoms with Crippen molar-refractivity contribution in [3.8, 4) is 0 Å². The third-order valence-corrected chi connectivity index (χ3v) is 5.38. The number of allylic oxidation sites excluding steroid dienone is 1. The molecule has 1 aliphatic heterocycles. The first-order valence-corrected chi connectivity index (χ1v) is 8.69. The minimum Gasteiger partial charge on any atom is -0.386 e. The molecule has 0 fully saturated rings. The van der Waals surface area contributed by atoms with Crippen molar-refractivity contribution in [3.63, 3.8) is 0 Å². The van der Waals surface area contributed by atoms with Crippen LogP contribution in [0.5, 0.6) is 0 Å². The fourth-order valence-electron chi connectivity index (χ4n) is 4.14. The van der Waals surface area contributed by atoms with Crippen molar-refractivity contribution in [2.45, 2.75) is 76.1 Å². The van der Waals surface area contributed by atoms with Gasteiger partial charge in [-0.25, -0.2) is 0 Å². The molecule has 1 amide bonds. The summed E-state index contributed by atoms with van der Waals surface area (Å²) in [6, 6.07) is -0.472. The summed E-state index contributed by atoms with van der Waals surface area (Å²) in [5.41, 5.74) is 3.74. The SMILES string of the molecule is CC(=O)NC1CCC2=C(CCC(C3=CCC([N+](=O)[O-])C(O)C3)N2)C1. The van der Waals surface area contributed by atoms with Crippen molar-refractivity contribution in [2.75, 3.05) is 0 Å². The molecule has 0 bridgehead atoms. The summed E-state index contributed by atoms with van der Waals surface area (Å²) >= 11 is 0. The van der Waals surface area contributed by atoms with E-state index in [0.29, 0.717) is 12.8 Å². The Kier molecular flexibility index (Phi) is 4.89. The average Bonchev–Trinajstić information content (AvgIpc) is 2.53. The zero-order chi connectivity index (χ0) is 17.3. The normalized spacial score (nSPS) is 33.2. The number of carbonyl (C=O) groups excluding carboxylic acids is 1. The van der Waals surface area contributed by atoms with Gasteiger partial charge in [0.05, 0.1) is 0 Å². The molecule has 0 radical (unpaired) electrons. The van der Waals surface area contributed by atoms with Gasteiger partial charge in [0.15, 0.2) is 0 Å². The molecule has 3 aliphatic rings. The van der Waals surface area contributed by atoms with Crippen LogP contribution >= 0.6 is 0 Å². The van der Waals surface area contributed by atoms with Crippen molar-refractivity contribution < 1.29 is 14.8 Å². The maximum absolute atomic E-state index is 11.2. The van der Waals surface area contributed by atoms with Gasteiger partial charge >= 0.3 is 0 Å². The van der Waals surface area contributed by atoms with Gasteiger partial charge in [0.1, 0.15) is 6.10 Å². The first-order chi connectivity index (χ1) is 11.4. The lowest BCUT2D eigenvalue weighted by atomic mass is 9.81. The molecule has 2 aliphatic carbocycles. The van der Waals surface area contributed by atoms with Gasteiger partial charge in [-0.2, -0.15) is 0 Å². The van der Waals surface area contributed by atoms with E-state index in [0.717, 1.165) is 37.7 Å². The topological polar surface area (TPSA) is 104 Å². The molecule has 1 heterocycles. The predicted octanol–water partition coefficient (Wildman–Crippen LogP) is 1.41. The van der Waals surface area contributed by atoms with Crippen molar-refractivity contribution in [3.05, 3.63) is 33.0 Å². The molecule has 0 aromatic carbocycles. The highest BCUT2D eigenvalue weighted by molar-refractivity contribution is 5.73. The number of nitrogens with one attached hydrogen (secondary N) is 2. The smallest absolute Gasteiger partial charge is 0.242 e. The number of nitrogens with zero attached hydrogens (tertiary/aromatic N) is 1. The van der Waals surface area contributed by atoms with Crippen LogP contribution in [0.25, 0.3) is 0 Å². The molecule has 7 heteroatoms. The van der Waals surface area contributed by atoms with E-state index in [1.165, 1.54) is 11.3 Å². The molecule has 0 aromatic rings. The third-order valence-electron chi connectivity index (χ3n) is 5.38. The highest BCUT2D eigenvalue weighted by atomic mass is 16.6. The predicted molar refractivity (Wildman–Crippen MR) is 88.7 cm³/mol. The van der Waals surface area contributed by atoms with Crippen LogP contribution < -0.4 is 10.6 Å². The van der Waals surface area contributed by atoms with E-state index in [9.17, 15) is 20.0 Å². The quantitative estimate of drug-likeness (QED) is 0.411. The number of rotatable bonds is 3. The summed E-state index contributed by atoms with van der Waals surface area (Å²) in [6.07, 6.45) is 6.40. The van der Waals surface area contributed by atoms with Crippen LogP contribution in [0.4, 0.5) is 0 Å². The summed E-state index contributed by atoms with van der Waals surface area (Å²) in [7, 11) is 0. The van der Waals surface area contributed by atoms with E-state index in [1.807, 2.05) is 6.08 Å². The van der Waals surface area contributed by atoms with E-state index in [2.05, 4.69) is 10.6 Å². The van der Waals surface area contributed by atoms with Crippen molar-refractivity contribution in [2.24, 2.45) is 0 Å². The summed E-state index contributed by atoms with van der Waals surface area (Å²) in [5.74, 6) is 0.0207. The maximum Gasteiger partial charge on any atom is 0.242 e. The van der Waals surface area contributed by atoms with Gasteiger partial charge in [0, 0.05) is 42.5 Å². The fourth-order valence-corrected chi connectivity index (χ4v) is 4.14. The second-order valence-corrected chi connectivity index (χ2v) is 7.10. The molecular weight excluding hydrogens is 310 g/mol. The highest BCUT2D eigenvalue weighted by Gasteiger charge is 2.36. The molecule has 4 unspecified atom stereocenters. The Morgan fingerprint density at radius 2 is 2.17 bits per heavy atom. The molecule has 0 aromatic heterocycles. The third kappa shape index (κ3) is 3.61. The van der Waals surface area contributed by atoms with E-state index in [-0.39, 0.29) is 22.9 Å². The monoisotopic (exact) mass is 335 g/mol. The number of hydrogen-bond donors (Lipinski definition) is 3. The lowest BCUT2D eigenvalue weighted by Crippen LogP contribution is -2.44. The molecule has 0 saturated heterocycles. The minimum atomic E-state index is -0.896. The van der Waals surface area contributed by atoms with Crippen LogP contribution in [0.2, 0.25) is 0 Å². The van der Waals surface area contributed by atoms with Crippen LogP contribution in [0.15, 0.2) is 22.9 Å². The van der Waals surface area contributed by atoms with E-state index in [1.54, 1.807) is 6.92 Å². The van der Waals surface area contributed by atoms with Crippen LogP contribution in [0.3, 0.4) is 0 Å². The van der Waals surface area contributed by atoms with Crippen molar-refractivity contribution >= 4 is 5.91 Å². The van der Waals surface area contributed by atoms with Crippen molar-refractivity contribution in [1.82, 2.24) is 10.6 Å². The number of aliphatic hydroxyl groups is 1. The van der Waals surface area contributed by atoms with Gasteiger partial charge in [0.2, 0.25) is 11.9 Å². The Balaban J connectivity index is 1.63. The zero-order valence-corrected chi connectivity index (χ0v) is 14.0. The molecule has 24 heavy (non-hydrogen) atoms. The molecule has 0 saturated carbocycles. The highest BCUT2D eigenvalue weighted by Crippen LogP contribution is 2.34. The zero-order valence-electron chi connectivity index (χ0n) is 14.0. The van der Waals surface area contributed by atoms with Gasteiger partial charge in [-0.15, -0.1) is 0 Å². The number of nitro groups is 1. The number of hydrogen-bond acceptors (Lipinski definition) is 5. The second-order valence-electron chi connectivity index (χ2n) is 7.10. The van der Waals surface area contributed by atoms with E-state index in [4.69, 9.17) is 0 Å². The van der Waals surface area contributed by atoms with Crippen LogP contribution in [0, 0.1) is 10.1 Å². The lowest BCUT2D eigenvalue weighted by molar-refractivity contribution is -0.534. The summed E-state index contributed by atoms with van der Waals surface area (Å²) < 4.78 is 0. The second kappa shape index (κ2) is 6.93. The molecule has 0 spiro atoms. The van der Waals surface area contributed by atoms with Gasteiger partial charge in [0.25, 0.3) is 0 Å². The average molecular weight is 335 g/mol. The van der Waals surface area contributed by atoms with E-state index >= 15 is 0 Å². The lowest BCUT2D eigenvalue weighted by Gasteiger charge is -2.37. The van der Waals surface area contributed by atoms with Crippen LogP contribution in [-0.4, -0.2) is 40.2 Å². The summed E-state index contributed by atoms with van der Waals surface area (Å²) in [6.45, 7) is 1.55.